The zero-order chi connectivity index (χ0) is 18.6. The molecule has 5 nitrogen and oxygen atoms in total. The molecule has 1 unspecified atom stereocenters. The van der Waals surface area contributed by atoms with E-state index in [0.29, 0.717) is 53.3 Å². The van der Waals surface area contributed by atoms with Crippen LogP contribution >= 0.6 is 34.8 Å². The molecule has 1 fully saturated rings. The number of nitrogens with one attached hydrogen (secondary N) is 1. The zero-order valence-electron chi connectivity index (χ0n) is 14.2. The molecule has 1 aromatic rings. The average Bonchev–Trinajstić information content (AvgIpc) is 2.59. The predicted octanol–water partition coefficient (Wildman–Crippen LogP) is 4.25. The number of amides is 1. The molecule has 0 spiro atoms. The third-order valence-corrected chi connectivity index (χ3v) is 5.38. The van der Waals surface area contributed by atoms with Gasteiger partial charge < -0.3 is 10.1 Å². The van der Waals surface area contributed by atoms with E-state index >= 15 is 0 Å². The second-order valence-electron chi connectivity index (χ2n) is 5.97. The van der Waals surface area contributed by atoms with Crippen molar-refractivity contribution in [2.75, 3.05) is 25.0 Å². The summed E-state index contributed by atoms with van der Waals surface area (Å²) in [5.41, 5.74) is 0.425. The van der Waals surface area contributed by atoms with Crippen molar-refractivity contribution in [3.05, 3.63) is 27.2 Å². The number of likely N-dealkylation sites (tertiary alicyclic amines) is 1. The number of carbonyl (C=O) groups is 2. The van der Waals surface area contributed by atoms with E-state index in [1.807, 2.05) is 11.8 Å². The number of halogens is 3. The van der Waals surface area contributed by atoms with E-state index < -0.39 is 0 Å². The van der Waals surface area contributed by atoms with Crippen molar-refractivity contribution in [3.63, 3.8) is 0 Å². The van der Waals surface area contributed by atoms with Gasteiger partial charge in [0.05, 0.1) is 39.3 Å². The summed E-state index contributed by atoms with van der Waals surface area (Å²) in [5, 5.41) is 3.77. The molecule has 0 saturated carbocycles. The second kappa shape index (κ2) is 9.08. The lowest BCUT2D eigenvalue weighted by Crippen LogP contribution is -2.47. The van der Waals surface area contributed by atoms with E-state index in [0.717, 1.165) is 0 Å². The van der Waals surface area contributed by atoms with Gasteiger partial charge in [-0.1, -0.05) is 34.8 Å². The van der Waals surface area contributed by atoms with Gasteiger partial charge in [-0.05, 0) is 51.9 Å². The van der Waals surface area contributed by atoms with Crippen LogP contribution in [0, 0.1) is 5.92 Å². The molecule has 1 amide bonds. The summed E-state index contributed by atoms with van der Waals surface area (Å²) in [6.45, 7) is 5.33. The largest absolute Gasteiger partial charge is 0.466 e. The summed E-state index contributed by atoms with van der Waals surface area (Å²) in [5.74, 6) is -0.423. The Kier molecular flexibility index (Phi) is 7.37. The van der Waals surface area contributed by atoms with E-state index in [4.69, 9.17) is 39.5 Å². The topological polar surface area (TPSA) is 58.6 Å². The van der Waals surface area contributed by atoms with E-state index in [-0.39, 0.29) is 23.8 Å². The Morgan fingerprint density at radius 1 is 1.20 bits per heavy atom. The van der Waals surface area contributed by atoms with Crippen LogP contribution in [0.4, 0.5) is 5.69 Å². The minimum atomic E-state index is -0.353. The number of hydrogen-bond donors (Lipinski definition) is 1. The fraction of sp³-hybridized carbons (Fsp3) is 0.529. The second-order valence-corrected chi connectivity index (χ2v) is 7.20. The van der Waals surface area contributed by atoms with Crippen LogP contribution in [-0.2, 0) is 14.3 Å². The van der Waals surface area contributed by atoms with Gasteiger partial charge in [-0.25, -0.2) is 0 Å². The normalized spacial score (nSPS) is 17.2. The average molecular weight is 408 g/mol. The first-order valence-corrected chi connectivity index (χ1v) is 9.33. The molecule has 1 atom stereocenters. The predicted molar refractivity (Wildman–Crippen MR) is 100 cm³/mol. The van der Waals surface area contributed by atoms with Crippen molar-refractivity contribution in [3.8, 4) is 0 Å². The first-order chi connectivity index (χ1) is 11.8. The highest BCUT2D eigenvalue weighted by molar-refractivity contribution is 6.44. The molecule has 0 aromatic heterocycles. The molecule has 0 bridgehead atoms. The molecule has 138 valence electrons. The number of benzene rings is 1. The first-order valence-electron chi connectivity index (χ1n) is 8.19. The molecular weight excluding hydrogens is 387 g/mol. The molecule has 0 aliphatic carbocycles. The summed E-state index contributed by atoms with van der Waals surface area (Å²) >= 11 is 18.0. The lowest BCUT2D eigenvalue weighted by Gasteiger charge is -2.34. The molecule has 1 N–H and O–H groups in total. The van der Waals surface area contributed by atoms with Gasteiger partial charge in [0, 0.05) is 0 Å². The van der Waals surface area contributed by atoms with Crippen molar-refractivity contribution in [2.24, 2.45) is 5.92 Å². The van der Waals surface area contributed by atoms with Crippen molar-refractivity contribution in [1.82, 2.24) is 4.90 Å². The highest BCUT2D eigenvalue weighted by Crippen LogP contribution is 2.32. The van der Waals surface area contributed by atoms with E-state index in [1.54, 1.807) is 6.92 Å². The number of rotatable bonds is 5. The van der Waals surface area contributed by atoms with Gasteiger partial charge >= 0.3 is 5.97 Å². The summed E-state index contributed by atoms with van der Waals surface area (Å²) in [4.78, 5) is 26.3. The molecule has 1 aliphatic rings. The minimum Gasteiger partial charge on any atom is -0.466 e. The SMILES string of the molecule is CCOC(=O)C1CCN(C(C)C(=O)Nc2cc(Cl)c(Cl)cc2Cl)CC1. The van der Waals surface area contributed by atoms with Crippen molar-refractivity contribution in [1.29, 1.82) is 0 Å². The van der Waals surface area contributed by atoms with Crippen LogP contribution in [0.2, 0.25) is 15.1 Å². The number of hydrogen-bond acceptors (Lipinski definition) is 4. The van der Waals surface area contributed by atoms with Crippen LogP contribution in [0.3, 0.4) is 0 Å². The molecule has 2 rings (SSSR count). The van der Waals surface area contributed by atoms with Crippen LogP contribution in [0.5, 0.6) is 0 Å². The Labute approximate surface area is 162 Å². The first kappa shape index (κ1) is 20.3. The Morgan fingerprint density at radius 3 is 2.40 bits per heavy atom. The van der Waals surface area contributed by atoms with Crippen LogP contribution in [0.1, 0.15) is 26.7 Å². The zero-order valence-corrected chi connectivity index (χ0v) is 16.4. The molecule has 0 radical (unpaired) electrons. The monoisotopic (exact) mass is 406 g/mol. The Balaban J connectivity index is 1.93. The maximum Gasteiger partial charge on any atom is 0.309 e. The number of anilines is 1. The van der Waals surface area contributed by atoms with Gasteiger partial charge in [-0.15, -0.1) is 0 Å². The number of piperidine rings is 1. The highest BCUT2D eigenvalue weighted by atomic mass is 35.5. The molecule has 8 heteroatoms. The summed E-state index contributed by atoms with van der Waals surface area (Å²) in [6.07, 6.45) is 1.37. The Hall–Kier alpha value is -1.01. The lowest BCUT2D eigenvalue weighted by atomic mass is 9.96. The van der Waals surface area contributed by atoms with Gasteiger partial charge in [-0.2, -0.15) is 0 Å². The quantitative estimate of drug-likeness (QED) is 0.585. The van der Waals surface area contributed by atoms with E-state index in [2.05, 4.69) is 5.32 Å². The smallest absolute Gasteiger partial charge is 0.309 e. The van der Waals surface area contributed by atoms with Crippen LogP contribution in [-0.4, -0.2) is 42.5 Å². The Bertz CT molecular complexity index is 646. The number of esters is 1. The van der Waals surface area contributed by atoms with E-state index in [1.165, 1.54) is 12.1 Å². The molecule has 1 saturated heterocycles. The third kappa shape index (κ3) is 5.23. The Morgan fingerprint density at radius 2 is 1.80 bits per heavy atom. The molecule has 1 aromatic carbocycles. The van der Waals surface area contributed by atoms with Crippen molar-refractivity contribution < 1.29 is 14.3 Å². The summed E-state index contributed by atoms with van der Waals surface area (Å²) in [6, 6.07) is 2.68. The van der Waals surface area contributed by atoms with Gasteiger partial charge in [0.25, 0.3) is 0 Å². The maximum absolute atomic E-state index is 12.5. The molecule has 25 heavy (non-hydrogen) atoms. The third-order valence-electron chi connectivity index (χ3n) is 4.34. The number of nitrogens with zero attached hydrogens (tertiary/aromatic N) is 1. The van der Waals surface area contributed by atoms with Crippen LogP contribution < -0.4 is 5.32 Å². The number of ether oxygens (including phenoxy) is 1. The van der Waals surface area contributed by atoms with E-state index in [9.17, 15) is 9.59 Å². The van der Waals surface area contributed by atoms with Gasteiger partial charge in [0.15, 0.2) is 0 Å². The van der Waals surface area contributed by atoms with Gasteiger partial charge in [-0.3, -0.25) is 14.5 Å². The fourth-order valence-corrected chi connectivity index (χ4v) is 3.40. The lowest BCUT2D eigenvalue weighted by molar-refractivity contribution is -0.149. The standard InChI is InChI=1S/C17H21Cl3N2O3/c1-3-25-17(24)11-4-6-22(7-5-11)10(2)16(23)21-15-9-13(19)12(18)8-14(15)20/h8-11H,3-7H2,1-2H3,(H,21,23). The fourth-order valence-electron chi connectivity index (χ4n) is 2.80. The number of carbonyl (C=O) groups excluding carboxylic acids is 2. The van der Waals surface area contributed by atoms with Crippen molar-refractivity contribution in [2.45, 2.75) is 32.7 Å². The summed E-state index contributed by atoms with van der Waals surface area (Å²) < 4.78 is 5.06. The van der Waals surface area contributed by atoms with Crippen LogP contribution in [0.15, 0.2) is 12.1 Å². The minimum absolute atomic E-state index is 0.0871. The van der Waals surface area contributed by atoms with Crippen molar-refractivity contribution >= 4 is 52.4 Å². The van der Waals surface area contributed by atoms with Crippen LogP contribution in [0.25, 0.3) is 0 Å². The molecule has 1 heterocycles. The van der Waals surface area contributed by atoms with Gasteiger partial charge in [0.2, 0.25) is 5.91 Å². The highest BCUT2D eigenvalue weighted by Gasteiger charge is 2.30. The molecular formula is C17H21Cl3N2O3. The van der Waals surface area contributed by atoms with Gasteiger partial charge in [0.1, 0.15) is 0 Å². The maximum atomic E-state index is 12.5. The summed E-state index contributed by atoms with van der Waals surface area (Å²) in [7, 11) is 0. The molecule has 1 aliphatic heterocycles.